The van der Waals surface area contributed by atoms with Crippen molar-refractivity contribution >= 4 is 13.6 Å². The molecule has 0 aromatic rings. The Morgan fingerprint density at radius 2 is 1.88 bits per heavy atom. The first-order valence-electron chi connectivity index (χ1n) is 3.92. The van der Waals surface area contributed by atoms with Gasteiger partial charge in [-0.1, -0.05) is 5.92 Å². The smallest absolute Gasteiger partial charge is 0.386 e. The fourth-order valence-corrected chi connectivity index (χ4v) is 0.990. The van der Waals surface area contributed by atoms with Crippen molar-refractivity contribution in [2.45, 2.75) is 18.3 Å². The predicted octanol–water partition coefficient (Wildman–Crippen LogP) is -2.62. The van der Waals surface area contributed by atoms with E-state index in [1.165, 1.54) is 0 Å². The number of aliphatic hydroxyl groups excluding tert-OH is 3. The van der Waals surface area contributed by atoms with Gasteiger partial charge in [-0.15, -0.1) is 6.42 Å². The molecule has 5 N–H and O–H groups in total. The number of phosphoric ester groups is 1. The van der Waals surface area contributed by atoms with Gasteiger partial charge in [0.2, 0.25) is 0 Å². The van der Waals surface area contributed by atoms with E-state index in [2.05, 4.69) is 4.52 Å². The quantitative estimate of drug-likeness (QED) is 0.256. The van der Waals surface area contributed by atoms with Crippen LogP contribution in [0.4, 0.5) is 0 Å². The zero-order valence-corrected chi connectivity index (χ0v) is 8.82. The first-order chi connectivity index (χ1) is 7.19. The van der Waals surface area contributed by atoms with Gasteiger partial charge in [0, 0.05) is 0 Å². The summed E-state index contributed by atoms with van der Waals surface area (Å²) in [6, 6.07) is 0. The summed E-state index contributed by atoms with van der Waals surface area (Å²) in [5, 5.41) is 27.1. The van der Waals surface area contributed by atoms with E-state index in [4.69, 9.17) is 31.5 Å². The van der Waals surface area contributed by atoms with E-state index < -0.39 is 38.5 Å². The molecule has 0 bridgehead atoms. The first kappa shape index (κ1) is 15.2. The number of ketones is 1. The summed E-state index contributed by atoms with van der Waals surface area (Å²) < 4.78 is 14.0. The number of Topliss-reactive ketones (excluding diaryl/α,β-unsaturated/α-hetero) is 1. The van der Waals surface area contributed by atoms with Gasteiger partial charge in [0.15, 0.2) is 5.78 Å². The largest absolute Gasteiger partial charge is 0.470 e. The third-order valence-electron chi connectivity index (χ3n) is 1.52. The van der Waals surface area contributed by atoms with Crippen LogP contribution in [0.3, 0.4) is 0 Å². The second kappa shape index (κ2) is 6.08. The van der Waals surface area contributed by atoms with Gasteiger partial charge in [-0.25, -0.2) is 4.57 Å². The highest BCUT2D eigenvalue weighted by molar-refractivity contribution is 7.46. The van der Waals surface area contributed by atoms with Crippen molar-refractivity contribution in [3.8, 4) is 12.3 Å². The van der Waals surface area contributed by atoms with Crippen LogP contribution < -0.4 is 0 Å². The first-order valence-corrected chi connectivity index (χ1v) is 5.45. The molecule has 9 heteroatoms. The molecule has 0 heterocycles. The van der Waals surface area contributed by atoms with Gasteiger partial charge in [-0.3, -0.25) is 9.32 Å². The average Bonchev–Trinajstić information content (AvgIpc) is 2.21. The Hall–Kier alpha value is -0.780. The molecule has 0 spiro atoms. The molecular weight excluding hydrogens is 243 g/mol. The van der Waals surface area contributed by atoms with Crippen LogP contribution in [0.25, 0.3) is 0 Å². The Kier molecular flexibility index (Phi) is 5.78. The number of terminal acetylenes is 1. The monoisotopic (exact) mass is 254 g/mol. The van der Waals surface area contributed by atoms with Crippen molar-refractivity contribution in [2.24, 2.45) is 0 Å². The van der Waals surface area contributed by atoms with Crippen molar-refractivity contribution < 1.29 is 39.0 Å². The molecule has 92 valence electrons. The predicted molar refractivity (Wildman–Crippen MR) is 49.9 cm³/mol. The lowest BCUT2D eigenvalue weighted by Crippen LogP contribution is -2.43. The van der Waals surface area contributed by atoms with E-state index in [1.807, 2.05) is 0 Å². The third-order valence-corrected chi connectivity index (χ3v) is 1.99. The summed E-state index contributed by atoms with van der Waals surface area (Å²) in [5.74, 6) is 0.454. The Bertz CT molecular complexity index is 328. The van der Waals surface area contributed by atoms with Crippen LogP contribution in [-0.4, -0.2) is 55.8 Å². The Labute approximate surface area is 90.7 Å². The number of carbonyl (C=O) groups excluding carboxylic acids is 1. The van der Waals surface area contributed by atoms with E-state index in [0.29, 0.717) is 0 Å². The van der Waals surface area contributed by atoms with Crippen LogP contribution in [0.2, 0.25) is 0 Å². The molecule has 0 fully saturated rings. The average molecular weight is 254 g/mol. The van der Waals surface area contributed by atoms with Crippen LogP contribution in [0, 0.1) is 12.3 Å². The molecule has 3 atom stereocenters. The summed E-state index contributed by atoms with van der Waals surface area (Å²) in [7, 11) is -4.84. The minimum absolute atomic E-state index is 1.11. The molecule has 0 saturated heterocycles. The molecular formula is C7H11O8P. The molecule has 0 aliphatic heterocycles. The molecule has 0 radical (unpaired) electrons. The molecule has 0 saturated carbocycles. The number of aliphatic hydroxyl groups is 3. The van der Waals surface area contributed by atoms with Crippen LogP contribution >= 0.6 is 7.82 Å². The number of rotatable bonds is 6. The number of hydrogen-bond donors (Lipinski definition) is 5. The van der Waals surface area contributed by atoms with Gasteiger partial charge >= 0.3 is 7.82 Å². The normalized spacial score (nSPS) is 17.2. The van der Waals surface area contributed by atoms with E-state index in [1.54, 1.807) is 5.92 Å². The zero-order chi connectivity index (χ0) is 12.9. The molecule has 0 aromatic heterocycles. The Morgan fingerprint density at radius 1 is 1.38 bits per heavy atom. The number of phosphoric acid groups is 1. The summed E-state index contributed by atoms with van der Waals surface area (Å²) >= 11 is 0. The maximum absolute atomic E-state index is 11.0. The Balaban J connectivity index is 4.30. The molecule has 2 unspecified atom stereocenters. The second-order valence-corrected chi connectivity index (χ2v) is 4.02. The van der Waals surface area contributed by atoms with Crippen molar-refractivity contribution in [2.75, 3.05) is 6.61 Å². The third kappa shape index (κ3) is 5.34. The van der Waals surface area contributed by atoms with Crippen molar-refractivity contribution in [1.82, 2.24) is 0 Å². The van der Waals surface area contributed by atoms with Crippen LogP contribution in [-0.2, 0) is 13.9 Å². The van der Waals surface area contributed by atoms with Crippen molar-refractivity contribution in [1.29, 1.82) is 0 Å². The van der Waals surface area contributed by atoms with Crippen LogP contribution in [0.15, 0.2) is 0 Å². The SMILES string of the molecule is C#C[C@H](O)C(O)C(O)C(=O)COP(=O)(O)O. The maximum Gasteiger partial charge on any atom is 0.470 e. The van der Waals surface area contributed by atoms with Crippen LogP contribution in [0.5, 0.6) is 0 Å². The molecule has 0 aliphatic rings. The van der Waals surface area contributed by atoms with Gasteiger partial charge < -0.3 is 25.1 Å². The summed E-state index contributed by atoms with van der Waals surface area (Å²) in [4.78, 5) is 27.5. The highest BCUT2D eigenvalue weighted by atomic mass is 31.2. The standard InChI is InChI=1S/C7H11O8P/c1-2-4(8)6(10)7(11)5(9)3-15-16(12,13)14/h1,4,6-8,10-11H,3H2,(H2,12,13,14)/t4-,6?,7?/m0/s1. The van der Waals surface area contributed by atoms with Gasteiger partial charge in [0.05, 0.1) is 0 Å². The summed E-state index contributed by atoms with van der Waals surface area (Å²) in [6.45, 7) is -1.11. The molecule has 0 amide bonds. The van der Waals surface area contributed by atoms with Crippen LogP contribution in [0.1, 0.15) is 0 Å². The van der Waals surface area contributed by atoms with Gasteiger partial charge in [-0.05, 0) is 0 Å². The molecule has 0 aliphatic carbocycles. The molecule has 0 aromatic carbocycles. The van der Waals surface area contributed by atoms with Crippen molar-refractivity contribution in [3.05, 3.63) is 0 Å². The minimum atomic E-state index is -4.84. The van der Waals surface area contributed by atoms with Crippen molar-refractivity contribution in [3.63, 3.8) is 0 Å². The maximum atomic E-state index is 11.0. The van der Waals surface area contributed by atoms with E-state index in [0.717, 1.165) is 0 Å². The number of carbonyl (C=O) groups is 1. The minimum Gasteiger partial charge on any atom is -0.386 e. The molecule has 8 nitrogen and oxygen atoms in total. The topological polar surface area (TPSA) is 145 Å². The lowest BCUT2D eigenvalue weighted by atomic mass is 10.1. The van der Waals surface area contributed by atoms with E-state index >= 15 is 0 Å². The summed E-state index contributed by atoms with van der Waals surface area (Å²) in [5.41, 5.74) is 0. The van der Waals surface area contributed by atoms with E-state index in [9.17, 15) is 9.36 Å². The number of hydrogen-bond acceptors (Lipinski definition) is 6. The summed E-state index contributed by atoms with van der Waals surface area (Å²) in [6.07, 6.45) is -1.09. The Morgan fingerprint density at radius 3 is 2.25 bits per heavy atom. The van der Waals surface area contributed by atoms with E-state index in [-0.39, 0.29) is 0 Å². The lowest BCUT2D eigenvalue weighted by Gasteiger charge is -2.18. The highest BCUT2D eigenvalue weighted by Gasteiger charge is 2.30. The van der Waals surface area contributed by atoms with Gasteiger partial charge in [0.25, 0.3) is 0 Å². The zero-order valence-electron chi connectivity index (χ0n) is 7.92. The second-order valence-electron chi connectivity index (χ2n) is 2.78. The van der Waals surface area contributed by atoms with Gasteiger partial charge in [0.1, 0.15) is 24.9 Å². The molecule has 0 rings (SSSR count). The fraction of sp³-hybridized carbons (Fsp3) is 0.571. The van der Waals surface area contributed by atoms with Gasteiger partial charge in [-0.2, -0.15) is 0 Å². The fourth-order valence-electron chi connectivity index (χ4n) is 0.695. The highest BCUT2D eigenvalue weighted by Crippen LogP contribution is 2.35. The lowest BCUT2D eigenvalue weighted by molar-refractivity contribution is -0.138. The molecule has 16 heavy (non-hydrogen) atoms.